The van der Waals surface area contributed by atoms with Crippen LogP contribution in [0.15, 0.2) is 73.8 Å². The number of unbranched alkanes of at least 4 members (excludes halogenated alkanes) is 2. The number of carbonyl (C=O) groups is 3. The molecule has 7 atom stereocenters. The number of allylic oxidation sites excluding steroid dienone is 1. The number of rotatable bonds is 13. The quantitative estimate of drug-likeness (QED) is 0.137. The molecule has 0 radical (unpaired) electrons. The fourth-order valence-corrected chi connectivity index (χ4v) is 8.38. The number of hydrogen-bond donors (Lipinski definition) is 1. The second kappa shape index (κ2) is 13.4. The van der Waals surface area contributed by atoms with E-state index in [1.165, 1.54) is 4.90 Å². The van der Waals surface area contributed by atoms with Crippen LogP contribution in [0.4, 0.5) is 5.69 Å². The molecule has 5 rings (SSSR count). The third kappa shape index (κ3) is 5.43. The molecule has 9 heteroatoms. The van der Waals surface area contributed by atoms with Gasteiger partial charge in [-0.1, -0.05) is 76.6 Å². The van der Waals surface area contributed by atoms with Crippen LogP contribution in [0.1, 0.15) is 48.4 Å². The first-order valence-corrected chi connectivity index (χ1v) is 16.2. The van der Waals surface area contributed by atoms with Gasteiger partial charge < -0.3 is 24.4 Å². The molecule has 2 amide bonds. The molecular formula is C35H41BrN2O6. The first-order valence-electron chi connectivity index (χ1n) is 15.3. The van der Waals surface area contributed by atoms with Crippen LogP contribution in [0.25, 0.3) is 0 Å². The van der Waals surface area contributed by atoms with Crippen molar-refractivity contribution in [2.75, 3.05) is 24.7 Å². The highest BCUT2D eigenvalue weighted by Crippen LogP contribution is 2.61. The predicted molar refractivity (Wildman–Crippen MR) is 172 cm³/mol. The van der Waals surface area contributed by atoms with Crippen LogP contribution < -0.4 is 4.90 Å². The molecule has 0 saturated carbocycles. The Kier molecular flexibility index (Phi) is 9.77. The van der Waals surface area contributed by atoms with Crippen LogP contribution in [-0.4, -0.2) is 70.1 Å². The lowest BCUT2D eigenvalue weighted by atomic mass is 9.70. The molecule has 44 heavy (non-hydrogen) atoms. The number of amides is 2. The zero-order valence-corrected chi connectivity index (χ0v) is 26.9. The molecule has 0 aromatic heterocycles. The molecule has 234 valence electrons. The summed E-state index contributed by atoms with van der Waals surface area (Å²) in [6.07, 6.45) is 5.55. The Morgan fingerprint density at radius 1 is 1.14 bits per heavy atom. The average molecular weight is 666 g/mol. The predicted octanol–water partition coefficient (Wildman–Crippen LogP) is 5.20. The number of hydrogen-bond acceptors (Lipinski definition) is 6. The zero-order chi connectivity index (χ0) is 31.6. The average Bonchev–Trinajstić information content (AvgIpc) is 3.60. The summed E-state index contributed by atoms with van der Waals surface area (Å²) in [5.41, 5.74) is 1.94. The minimum absolute atomic E-state index is 0.205. The van der Waals surface area contributed by atoms with Gasteiger partial charge in [0.15, 0.2) is 0 Å². The number of para-hydroxylation sites is 1. The molecule has 3 aliphatic rings. The Labute approximate surface area is 267 Å². The number of nitrogens with zero attached hydrogens (tertiary/aromatic N) is 2. The number of halogens is 1. The maximum atomic E-state index is 15.0. The van der Waals surface area contributed by atoms with E-state index >= 15 is 4.79 Å². The van der Waals surface area contributed by atoms with E-state index in [4.69, 9.17) is 9.47 Å². The number of fused-ring (bicyclic) bond motifs is 1. The van der Waals surface area contributed by atoms with E-state index in [1.54, 1.807) is 11.0 Å². The van der Waals surface area contributed by atoms with Gasteiger partial charge in [0.2, 0.25) is 5.91 Å². The van der Waals surface area contributed by atoms with Crippen molar-refractivity contribution in [3.8, 4) is 0 Å². The molecule has 1 spiro atoms. The number of benzene rings is 2. The van der Waals surface area contributed by atoms with Crippen LogP contribution in [0.2, 0.25) is 0 Å². The monoisotopic (exact) mass is 664 g/mol. The number of aliphatic hydroxyl groups excluding tert-OH is 1. The largest absolute Gasteiger partial charge is 0.465 e. The Morgan fingerprint density at radius 2 is 1.84 bits per heavy atom. The minimum atomic E-state index is -1.29. The number of carbonyl (C=O) groups excluding carboxylic acids is 3. The van der Waals surface area contributed by atoms with Gasteiger partial charge in [0.05, 0.1) is 37.2 Å². The van der Waals surface area contributed by atoms with Crippen molar-refractivity contribution in [3.63, 3.8) is 0 Å². The van der Waals surface area contributed by atoms with Crippen LogP contribution >= 0.6 is 15.9 Å². The van der Waals surface area contributed by atoms with Gasteiger partial charge in [0.1, 0.15) is 11.6 Å². The molecule has 8 nitrogen and oxygen atoms in total. The number of likely N-dealkylation sites (tertiary alicyclic amines) is 1. The highest BCUT2D eigenvalue weighted by Gasteiger charge is 2.77. The van der Waals surface area contributed by atoms with E-state index < -0.39 is 48.2 Å². The second-order valence-electron chi connectivity index (χ2n) is 11.9. The van der Waals surface area contributed by atoms with Crippen molar-refractivity contribution in [1.29, 1.82) is 0 Å². The SMILES string of the molecule is C=CCCCCOC(=O)[C@H]1[C@@H]2OC3(CC2Br)C(C(=O)N(CC=C)c2c(C)cccc2C)N([C@H](CO)c2ccccc2)C(=O)[C@H]13. The molecular weight excluding hydrogens is 624 g/mol. The number of aryl methyl sites for hydroxylation is 2. The van der Waals surface area contributed by atoms with Crippen LogP contribution in [0.5, 0.6) is 0 Å². The Hall–Kier alpha value is -3.27. The van der Waals surface area contributed by atoms with E-state index in [1.807, 2.05) is 68.5 Å². The number of ether oxygens (including phenoxy) is 2. The highest BCUT2D eigenvalue weighted by atomic mass is 79.9. The third-order valence-electron chi connectivity index (χ3n) is 9.26. The molecule has 1 N–H and O–H groups in total. The molecule has 3 fully saturated rings. The summed E-state index contributed by atoms with van der Waals surface area (Å²) in [6, 6.07) is 13.1. The van der Waals surface area contributed by atoms with E-state index in [9.17, 15) is 14.7 Å². The summed E-state index contributed by atoms with van der Waals surface area (Å²) in [5, 5.41) is 10.8. The number of aliphatic hydroxyl groups is 1. The van der Waals surface area contributed by atoms with Crippen molar-refractivity contribution in [2.45, 2.75) is 68.1 Å². The van der Waals surface area contributed by atoms with Gasteiger partial charge in [-0.2, -0.15) is 0 Å². The van der Waals surface area contributed by atoms with Gasteiger partial charge in [-0.3, -0.25) is 14.4 Å². The third-order valence-corrected chi connectivity index (χ3v) is 10.1. The standard InChI is InChI=1S/C35H41BrN2O6/c1-5-7-8-12-19-43-34(42)27-28-32(40)38(26(21-39)24-16-10-9-11-17-24)31(35(28)20-25(36)30(27)44-35)33(41)37(18-6-2)29-22(3)14-13-15-23(29)4/h5-6,9-11,13-17,25-28,30-31,39H,1-2,7-8,12,18-21H2,3-4H3/t25?,26-,27-,28+,30-,31?,35?/m1/s1. The summed E-state index contributed by atoms with van der Waals surface area (Å²) in [5.74, 6) is -3.04. The first kappa shape index (κ1) is 32.1. The summed E-state index contributed by atoms with van der Waals surface area (Å²) in [4.78, 5) is 46.2. The van der Waals surface area contributed by atoms with E-state index in [2.05, 4.69) is 29.1 Å². The van der Waals surface area contributed by atoms with E-state index in [0.29, 0.717) is 18.4 Å². The molecule has 3 unspecified atom stereocenters. The smallest absolute Gasteiger partial charge is 0.312 e. The van der Waals surface area contributed by atoms with Gasteiger partial charge in [-0.05, 0) is 56.2 Å². The number of esters is 1. The fourth-order valence-electron chi connectivity index (χ4n) is 7.44. The first-order chi connectivity index (χ1) is 21.2. The minimum Gasteiger partial charge on any atom is -0.465 e. The van der Waals surface area contributed by atoms with Crippen molar-refractivity contribution >= 4 is 39.4 Å². The van der Waals surface area contributed by atoms with Gasteiger partial charge in [-0.15, -0.1) is 13.2 Å². The van der Waals surface area contributed by atoms with Gasteiger partial charge >= 0.3 is 5.97 Å². The molecule has 0 aliphatic carbocycles. The summed E-state index contributed by atoms with van der Waals surface area (Å²) < 4.78 is 12.4. The zero-order valence-electron chi connectivity index (χ0n) is 25.4. The normalized spacial score (nSPS) is 27.6. The van der Waals surface area contributed by atoms with E-state index in [0.717, 1.165) is 29.7 Å². The van der Waals surface area contributed by atoms with Crippen molar-refractivity contribution in [2.24, 2.45) is 11.8 Å². The lowest BCUT2D eigenvalue weighted by Crippen LogP contribution is -2.58. The van der Waals surface area contributed by atoms with Crippen molar-refractivity contribution in [1.82, 2.24) is 4.90 Å². The lowest BCUT2D eigenvalue weighted by Gasteiger charge is -2.40. The van der Waals surface area contributed by atoms with Crippen LogP contribution in [0, 0.1) is 25.7 Å². The summed E-state index contributed by atoms with van der Waals surface area (Å²) in [7, 11) is 0. The number of alkyl halides is 1. The summed E-state index contributed by atoms with van der Waals surface area (Å²) in [6.45, 7) is 11.6. The van der Waals surface area contributed by atoms with Gasteiger partial charge in [0.25, 0.3) is 5.91 Å². The Morgan fingerprint density at radius 3 is 2.48 bits per heavy atom. The molecule has 2 aromatic carbocycles. The molecule has 3 aliphatic heterocycles. The fraction of sp³-hybridized carbons (Fsp3) is 0.457. The topological polar surface area (TPSA) is 96.4 Å². The Bertz CT molecular complexity index is 1390. The van der Waals surface area contributed by atoms with E-state index in [-0.39, 0.29) is 29.8 Å². The molecule has 2 aromatic rings. The second-order valence-corrected chi connectivity index (χ2v) is 13.1. The lowest BCUT2D eigenvalue weighted by molar-refractivity contribution is -0.155. The summed E-state index contributed by atoms with van der Waals surface area (Å²) >= 11 is 3.73. The Balaban J connectivity index is 1.60. The van der Waals surface area contributed by atoms with Gasteiger partial charge in [0, 0.05) is 17.1 Å². The van der Waals surface area contributed by atoms with Crippen molar-refractivity contribution in [3.05, 3.63) is 90.5 Å². The van der Waals surface area contributed by atoms with Crippen molar-refractivity contribution < 1.29 is 29.0 Å². The maximum Gasteiger partial charge on any atom is 0.312 e. The number of anilines is 1. The molecule has 3 heterocycles. The van der Waals surface area contributed by atoms with Gasteiger partial charge in [-0.25, -0.2) is 0 Å². The highest BCUT2D eigenvalue weighted by molar-refractivity contribution is 9.09. The van der Waals surface area contributed by atoms with Crippen LogP contribution in [0.3, 0.4) is 0 Å². The van der Waals surface area contributed by atoms with Crippen LogP contribution in [-0.2, 0) is 23.9 Å². The molecule has 3 saturated heterocycles. The maximum absolute atomic E-state index is 15.0. The molecule has 2 bridgehead atoms.